The molecular weight excluding hydrogens is 190 g/mol. The molecule has 3 N–H and O–H groups in total. The minimum atomic E-state index is -0.0848. The molecule has 1 aliphatic carbocycles. The SMILES string of the molecule is CCC(C)(CO)CNC1CCC(O)CC1. The minimum absolute atomic E-state index is 0.00998. The van der Waals surface area contributed by atoms with Crippen molar-refractivity contribution < 1.29 is 10.2 Å². The molecule has 0 aliphatic heterocycles. The van der Waals surface area contributed by atoms with Gasteiger partial charge in [0.2, 0.25) is 0 Å². The van der Waals surface area contributed by atoms with Gasteiger partial charge in [0.25, 0.3) is 0 Å². The summed E-state index contributed by atoms with van der Waals surface area (Å²) in [6.45, 7) is 5.34. The zero-order valence-corrected chi connectivity index (χ0v) is 10.00. The van der Waals surface area contributed by atoms with Gasteiger partial charge in [-0.3, -0.25) is 0 Å². The van der Waals surface area contributed by atoms with E-state index in [4.69, 9.17) is 0 Å². The van der Waals surface area contributed by atoms with Gasteiger partial charge in [0, 0.05) is 24.6 Å². The van der Waals surface area contributed by atoms with Crippen molar-refractivity contribution >= 4 is 0 Å². The number of rotatable bonds is 5. The fraction of sp³-hybridized carbons (Fsp3) is 1.00. The number of aliphatic hydroxyl groups is 2. The Kier molecular flexibility index (Phi) is 5.03. The predicted octanol–water partition coefficient (Wildman–Crippen LogP) is 1.29. The van der Waals surface area contributed by atoms with Gasteiger partial charge in [-0.05, 0) is 32.1 Å². The van der Waals surface area contributed by atoms with Crippen LogP contribution in [0.3, 0.4) is 0 Å². The third-order valence-corrected chi connectivity index (χ3v) is 3.75. The van der Waals surface area contributed by atoms with Crippen molar-refractivity contribution in [2.24, 2.45) is 5.41 Å². The maximum absolute atomic E-state index is 9.38. The Hall–Kier alpha value is -0.120. The molecule has 1 atom stereocenters. The Morgan fingerprint density at radius 2 is 1.87 bits per heavy atom. The molecule has 0 amide bonds. The molecule has 3 nitrogen and oxygen atoms in total. The van der Waals surface area contributed by atoms with Crippen LogP contribution in [-0.4, -0.2) is 35.5 Å². The van der Waals surface area contributed by atoms with Gasteiger partial charge in [-0.15, -0.1) is 0 Å². The van der Waals surface area contributed by atoms with Gasteiger partial charge in [-0.2, -0.15) is 0 Å². The van der Waals surface area contributed by atoms with Gasteiger partial charge < -0.3 is 15.5 Å². The summed E-state index contributed by atoms with van der Waals surface area (Å²) in [5.41, 5.74) is 0.00998. The van der Waals surface area contributed by atoms with E-state index in [0.717, 1.165) is 38.6 Å². The second-order valence-electron chi connectivity index (χ2n) is 5.21. The summed E-state index contributed by atoms with van der Waals surface area (Å²) in [6, 6.07) is 0.533. The molecule has 0 bridgehead atoms. The van der Waals surface area contributed by atoms with E-state index < -0.39 is 0 Å². The van der Waals surface area contributed by atoms with Crippen molar-refractivity contribution in [3.8, 4) is 0 Å². The molecule has 0 aromatic heterocycles. The Morgan fingerprint density at radius 1 is 1.27 bits per heavy atom. The molecule has 1 unspecified atom stereocenters. The van der Waals surface area contributed by atoms with Crippen LogP contribution in [-0.2, 0) is 0 Å². The van der Waals surface area contributed by atoms with E-state index in [1.54, 1.807) is 0 Å². The predicted molar refractivity (Wildman–Crippen MR) is 61.7 cm³/mol. The average molecular weight is 215 g/mol. The molecule has 3 heteroatoms. The first-order valence-corrected chi connectivity index (χ1v) is 6.12. The Labute approximate surface area is 92.9 Å². The van der Waals surface area contributed by atoms with Crippen LogP contribution >= 0.6 is 0 Å². The van der Waals surface area contributed by atoms with Crippen LogP contribution < -0.4 is 5.32 Å². The van der Waals surface area contributed by atoms with Crippen LogP contribution in [0.2, 0.25) is 0 Å². The maximum Gasteiger partial charge on any atom is 0.0541 e. The lowest BCUT2D eigenvalue weighted by Crippen LogP contribution is -2.42. The van der Waals surface area contributed by atoms with Crippen molar-refractivity contribution in [2.45, 2.75) is 58.1 Å². The van der Waals surface area contributed by atoms with Crippen molar-refractivity contribution in [1.29, 1.82) is 0 Å². The summed E-state index contributed by atoms with van der Waals surface area (Å²) in [5, 5.41) is 22.2. The minimum Gasteiger partial charge on any atom is -0.396 e. The van der Waals surface area contributed by atoms with Crippen LogP contribution in [0.1, 0.15) is 46.0 Å². The van der Waals surface area contributed by atoms with Crippen LogP contribution in [0.15, 0.2) is 0 Å². The summed E-state index contributed by atoms with van der Waals surface area (Å²) in [6.07, 6.45) is 4.86. The van der Waals surface area contributed by atoms with Gasteiger partial charge >= 0.3 is 0 Å². The van der Waals surface area contributed by atoms with Crippen LogP contribution in [0.4, 0.5) is 0 Å². The molecule has 0 heterocycles. The van der Waals surface area contributed by atoms with Crippen molar-refractivity contribution in [2.75, 3.05) is 13.2 Å². The van der Waals surface area contributed by atoms with Crippen molar-refractivity contribution in [3.05, 3.63) is 0 Å². The van der Waals surface area contributed by atoms with Crippen molar-refractivity contribution in [1.82, 2.24) is 5.32 Å². The average Bonchev–Trinajstić information content (AvgIpc) is 2.28. The molecule has 0 aromatic rings. The van der Waals surface area contributed by atoms with E-state index in [1.807, 2.05) is 0 Å². The summed E-state index contributed by atoms with van der Waals surface area (Å²) in [4.78, 5) is 0. The van der Waals surface area contributed by atoms with E-state index in [9.17, 15) is 10.2 Å². The zero-order chi connectivity index (χ0) is 11.3. The van der Waals surface area contributed by atoms with Gasteiger partial charge in [0.15, 0.2) is 0 Å². The van der Waals surface area contributed by atoms with E-state index in [-0.39, 0.29) is 18.1 Å². The van der Waals surface area contributed by atoms with E-state index >= 15 is 0 Å². The highest BCUT2D eigenvalue weighted by atomic mass is 16.3. The summed E-state index contributed by atoms with van der Waals surface area (Å²) in [7, 11) is 0. The topological polar surface area (TPSA) is 52.5 Å². The highest BCUT2D eigenvalue weighted by Crippen LogP contribution is 2.22. The molecule has 1 fully saturated rings. The monoisotopic (exact) mass is 215 g/mol. The lowest BCUT2D eigenvalue weighted by atomic mass is 9.87. The van der Waals surface area contributed by atoms with E-state index in [1.165, 1.54) is 0 Å². The lowest BCUT2D eigenvalue weighted by Gasteiger charge is -2.32. The van der Waals surface area contributed by atoms with Gasteiger partial charge in [-0.1, -0.05) is 13.8 Å². The Bertz CT molecular complexity index is 172. The molecule has 15 heavy (non-hydrogen) atoms. The molecule has 0 saturated heterocycles. The van der Waals surface area contributed by atoms with Gasteiger partial charge in [-0.25, -0.2) is 0 Å². The number of aliphatic hydroxyl groups excluding tert-OH is 2. The molecular formula is C12H25NO2. The van der Waals surface area contributed by atoms with Crippen LogP contribution in [0.5, 0.6) is 0 Å². The number of hydrogen-bond donors (Lipinski definition) is 3. The fourth-order valence-electron chi connectivity index (χ4n) is 1.96. The summed E-state index contributed by atoms with van der Waals surface area (Å²) in [5.74, 6) is 0. The van der Waals surface area contributed by atoms with E-state index in [2.05, 4.69) is 19.2 Å². The zero-order valence-electron chi connectivity index (χ0n) is 10.00. The number of hydrogen-bond acceptors (Lipinski definition) is 3. The van der Waals surface area contributed by atoms with Crippen molar-refractivity contribution in [3.63, 3.8) is 0 Å². The maximum atomic E-state index is 9.38. The largest absolute Gasteiger partial charge is 0.396 e. The lowest BCUT2D eigenvalue weighted by molar-refractivity contribution is 0.102. The summed E-state index contributed by atoms with van der Waals surface area (Å²) < 4.78 is 0. The van der Waals surface area contributed by atoms with Gasteiger partial charge in [0.1, 0.15) is 0 Å². The highest BCUT2D eigenvalue weighted by molar-refractivity contribution is 4.81. The summed E-state index contributed by atoms with van der Waals surface area (Å²) >= 11 is 0. The molecule has 1 saturated carbocycles. The van der Waals surface area contributed by atoms with E-state index in [0.29, 0.717) is 6.04 Å². The number of nitrogens with one attached hydrogen (secondary N) is 1. The normalized spacial score (nSPS) is 31.2. The third kappa shape index (κ3) is 4.09. The molecule has 1 aliphatic rings. The van der Waals surface area contributed by atoms with Crippen LogP contribution in [0, 0.1) is 5.41 Å². The van der Waals surface area contributed by atoms with Crippen LogP contribution in [0.25, 0.3) is 0 Å². The fourth-order valence-corrected chi connectivity index (χ4v) is 1.96. The second-order valence-corrected chi connectivity index (χ2v) is 5.21. The smallest absolute Gasteiger partial charge is 0.0541 e. The molecule has 1 rings (SSSR count). The first kappa shape index (κ1) is 12.9. The molecule has 0 radical (unpaired) electrons. The van der Waals surface area contributed by atoms with Gasteiger partial charge in [0.05, 0.1) is 6.10 Å². The first-order chi connectivity index (χ1) is 7.09. The molecule has 0 spiro atoms. The second kappa shape index (κ2) is 5.83. The Morgan fingerprint density at radius 3 is 2.33 bits per heavy atom. The highest BCUT2D eigenvalue weighted by Gasteiger charge is 2.24. The molecule has 0 aromatic carbocycles. The first-order valence-electron chi connectivity index (χ1n) is 6.12. The Balaban J connectivity index is 2.24. The molecule has 90 valence electrons. The quantitative estimate of drug-likeness (QED) is 0.648. The standard InChI is InChI=1S/C12H25NO2/c1-3-12(2,9-14)8-13-10-4-6-11(15)7-5-10/h10-11,13-15H,3-9H2,1-2H3. The third-order valence-electron chi connectivity index (χ3n) is 3.75.